The number of nitrogens with two attached hydrogens (primary N) is 1. The van der Waals surface area contributed by atoms with Crippen LogP contribution in [-0.4, -0.2) is 9.78 Å². The average Bonchev–Trinajstić information content (AvgIpc) is 2.75. The molecule has 102 valence electrons. The van der Waals surface area contributed by atoms with Gasteiger partial charge in [0.1, 0.15) is 11.6 Å². The molecule has 1 aromatic carbocycles. The molecule has 3 nitrogen and oxygen atoms in total. The maximum Gasteiger partial charge on any atom is 0.129 e. The maximum atomic E-state index is 13.6. The molecule has 0 fully saturated rings. The van der Waals surface area contributed by atoms with E-state index in [-0.39, 0.29) is 12.0 Å². The lowest BCUT2D eigenvalue weighted by Gasteiger charge is -2.15. The van der Waals surface area contributed by atoms with E-state index in [9.17, 15) is 8.78 Å². The molecule has 1 aromatic heterocycles. The summed E-state index contributed by atoms with van der Waals surface area (Å²) in [5.74, 6) is -1.21. The fraction of sp³-hybridized carbons (Fsp3) is 0.308. The van der Waals surface area contributed by atoms with Gasteiger partial charge in [0.15, 0.2) is 0 Å². The predicted octanol–water partition coefficient (Wildman–Crippen LogP) is 3.08. The molecule has 2 rings (SSSR count). The van der Waals surface area contributed by atoms with Crippen molar-refractivity contribution in [3.8, 4) is 0 Å². The minimum atomic E-state index is -0.610. The minimum Gasteiger partial charge on any atom is -0.322 e. The van der Waals surface area contributed by atoms with Gasteiger partial charge in [0.05, 0.1) is 23.0 Å². The summed E-state index contributed by atoms with van der Waals surface area (Å²) in [4.78, 5) is 0. The van der Waals surface area contributed by atoms with Crippen molar-refractivity contribution in [1.82, 2.24) is 9.78 Å². The summed E-state index contributed by atoms with van der Waals surface area (Å²) in [6.07, 6.45) is 1.52. The van der Waals surface area contributed by atoms with Crippen molar-refractivity contribution in [2.45, 2.75) is 25.9 Å². The molecule has 0 spiro atoms. The van der Waals surface area contributed by atoms with E-state index in [0.717, 1.165) is 0 Å². The zero-order valence-electron chi connectivity index (χ0n) is 10.4. The summed E-state index contributed by atoms with van der Waals surface area (Å²) >= 11 is 6.01. The van der Waals surface area contributed by atoms with Crippen LogP contribution in [0.5, 0.6) is 0 Å². The molecular weight excluding hydrogens is 272 g/mol. The van der Waals surface area contributed by atoms with Gasteiger partial charge in [-0.15, -0.1) is 0 Å². The number of nitrogens with zero attached hydrogens (tertiary/aromatic N) is 2. The van der Waals surface area contributed by atoms with Crippen molar-refractivity contribution in [3.05, 3.63) is 52.3 Å². The molecule has 0 aliphatic rings. The van der Waals surface area contributed by atoms with Crippen LogP contribution in [0.2, 0.25) is 5.02 Å². The average molecular weight is 286 g/mol. The quantitative estimate of drug-likeness (QED) is 0.938. The molecule has 1 atom stereocenters. The van der Waals surface area contributed by atoms with Crippen molar-refractivity contribution >= 4 is 11.6 Å². The first-order valence-corrected chi connectivity index (χ1v) is 6.32. The Morgan fingerprint density at radius 2 is 2.00 bits per heavy atom. The van der Waals surface area contributed by atoms with E-state index < -0.39 is 17.7 Å². The van der Waals surface area contributed by atoms with Crippen LogP contribution in [0.1, 0.15) is 24.2 Å². The molecule has 0 amide bonds. The lowest BCUT2D eigenvalue weighted by atomic mass is 10.0. The zero-order valence-corrected chi connectivity index (χ0v) is 11.2. The third-order valence-corrected chi connectivity index (χ3v) is 3.26. The van der Waals surface area contributed by atoms with Crippen molar-refractivity contribution in [2.75, 3.05) is 0 Å². The predicted molar refractivity (Wildman–Crippen MR) is 69.9 cm³/mol. The van der Waals surface area contributed by atoms with Crippen LogP contribution in [0, 0.1) is 11.6 Å². The highest BCUT2D eigenvalue weighted by Crippen LogP contribution is 2.25. The molecule has 1 heterocycles. The highest BCUT2D eigenvalue weighted by Gasteiger charge is 2.20. The third kappa shape index (κ3) is 2.77. The molecule has 6 heteroatoms. The van der Waals surface area contributed by atoms with Crippen molar-refractivity contribution < 1.29 is 8.78 Å². The molecule has 2 aromatic rings. The van der Waals surface area contributed by atoms with Crippen LogP contribution >= 0.6 is 11.6 Å². The standard InChI is InChI=1S/C13H14ClF2N3/c1-2-19-13(9(14)7-18-19)12(17)6-8-10(15)4-3-5-11(8)16/h3-5,7,12H,2,6,17H2,1H3. The van der Waals surface area contributed by atoms with Gasteiger partial charge in [0.25, 0.3) is 0 Å². The number of hydrogen-bond donors (Lipinski definition) is 1. The van der Waals surface area contributed by atoms with Crippen LogP contribution in [0.25, 0.3) is 0 Å². The van der Waals surface area contributed by atoms with Gasteiger partial charge >= 0.3 is 0 Å². The SMILES string of the molecule is CCn1ncc(Cl)c1C(N)Cc1c(F)cccc1F. The van der Waals surface area contributed by atoms with E-state index >= 15 is 0 Å². The van der Waals surface area contributed by atoms with Gasteiger partial charge in [-0.1, -0.05) is 17.7 Å². The Labute approximate surface area is 115 Å². The number of hydrogen-bond acceptors (Lipinski definition) is 2. The largest absolute Gasteiger partial charge is 0.322 e. The first-order valence-electron chi connectivity index (χ1n) is 5.94. The Morgan fingerprint density at radius 3 is 2.58 bits per heavy atom. The molecule has 1 unspecified atom stereocenters. The number of aryl methyl sites for hydroxylation is 1. The maximum absolute atomic E-state index is 13.6. The molecule has 0 bridgehead atoms. The Bertz CT molecular complexity index is 563. The summed E-state index contributed by atoms with van der Waals surface area (Å²) in [5.41, 5.74) is 6.57. The van der Waals surface area contributed by atoms with Crippen molar-refractivity contribution in [1.29, 1.82) is 0 Å². The second kappa shape index (κ2) is 5.67. The van der Waals surface area contributed by atoms with Gasteiger partial charge in [-0.25, -0.2) is 8.78 Å². The van der Waals surface area contributed by atoms with Gasteiger partial charge in [0.2, 0.25) is 0 Å². The van der Waals surface area contributed by atoms with E-state index in [4.69, 9.17) is 17.3 Å². The third-order valence-electron chi connectivity index (χ3n) is 2.97. The topological polar surface area (TPSA) is 43.8 Å². The summed E-state index contributed by atoms with van der Waals surface area (Å²) in [6, 6.07) is 3.14. The lowest BCUT2D eigenvalue weighted by Crippen LogP contribution is -2.20. The molecule has 2 N–H and O–H groups in total. The summed E-state index contributed by atoms with van der Waals surface area (Å²) in [5, 5.41) is 4.47. The van der Waals surface area contributed by atoms with Gasteiger partial charge in [0, 0.05) is 12.1 Å². The second-order valence-electron chi connectivity index (χ2n) is 4.20. The van der Waals surface area contributed by atoms with Crippen LogP contribution < -0.4 is 5.73 Å². The van der Waals surface area contributed by atoms with E-state index in [2.05, 4.69) is 5.10 Å². The first kappa shape index (κ1) is 14.0. The highest BCUT2D eigenvalue weighted by atomic mass is 35.5. The Hall–Kier alpha value is -1.46. The Morgan fingerprint density at radius 1 is 1.37 bits per heavy atom. The van der Waals surface area contributed by atoms with Crippen LogP contribution in [0.15, 0.2) is 24.4 Å². The van der Waals surface area contributed by atoms with E-state index in [1.165, 1.54) is 24.4 Å². The number of benzene rings is 1. The molecular formula is C13H14ClF2N3. The fourth-order valence-electron chi connectivity index (χ4n) is 2.04. The number of halogens is 3. The van der Waals surface area contributed by atoms with Crippen molar-refractivity contribution in [3.63, 3.8) is 0 Å². The monoisotopic (exact) mass is 285 g/mol. The molecule has 0 radical (unpaired) electrons. The van der Waals surface area contributed by atoms with E-state index in [0.29, 0.717) is 17.3 Å². The summed E-state index contributed by atoms with van der Waals surface area (Å²) in [7, 11) is 0. The summed E-state index contributed by atoms with van der Waals surface area (Å²) < 4.78 is 28.8. The van der Waals surface area contributed by atoms with E-state index in [1.807, 2.05) is 6.92 Å². The molecule has 0 saturated heterocycles. The molecule has 0 aliphatic carbocycles. The van der Waals surface area contributed by atoms with Gasteiger partial charge in [-0.3, -0.25) is 4.68 Å². The summed E-state index contributed by atoms with van der Waals surface area (Å²) in [6.45, 7) is 2.48. The highest BCUT2D eigenvalue weighted by molar-refractivity contribution is 6.31. The van der Waals surface area contributed by atoms with Crippen LogP contribution in [0.4, 0.5) is 8.78 Å². The van der Waals surface area contributed by atoms with Crippen molar-refractivity contribution in [2.24, 2.45) is 5.73 Å². The molecule has 19 heavy (non-hydrogen) atoms. The second-order valence-corrected chi connectivity index (χ2v) is 4.61. The Balaban J connectivity index is 2.31. The first-order chi connectivity index (χ1) is 9.04. The lowest BCUT2D eigenvalue weighted by molar-refractivity contribution is 0.520. The smallest absolute Gasteiger partial charge is 0.129 e. The van der Waals surface area contributed by atoms with Gasteiger partial charge in [-0.2, -0.15) is 5.10 Å². The van der Waals surface area contributed by atoms with E-state index in [1.54, 1.807) is 4.68 Å². The molecule has 0 saturated carbocycles. The van der Waals surface area contributed by atoms with Gasteiger partial charge < -0.3 is 5.73 Å². The molecule has 0 aliphatic heterocycles. The number of aromatic nitrogens is 2. The Kier molecular flexibility index (Phi) is 4.17. The van der Waals surface area contributed by atoms with Crippen LogP contribution in [0.3, 0.4) is 0 Å². The van der Waals surface area contributed by atoms with Gasteiger partial charge in [-0.05, 0) is 25.5 Å². The number of rotatable bonds is 4. The zero-order chi connectivity index (χ0) is 14.0. The minimum absolute atomic E-state index is 0.0317. The van der Waals surface area contributed by atoms with Crippen LogP contribution in [-0.2, 0) is 13.0 Å². The normalized spacial score (nSPS) is 12.7. The fourth-order valence-corrected chi connectivity index (χ4v) is 2.32.